The molecule has 1 saturated heterocycles. The summed E-state index contributed by atoms with van der Waals surface area (Å²) in [5.41, 5.74) is 0. The molecule has 2 rings (SSSR count). The maximum atomic E-state index is 4.33. The van der Waals surface area contributed by atoms with Crippen LogP contribution in [0.1, 0.15) is 12.8 Å². The zero-order valence-electron chi connectivity index (χ0n) is 6.08. The fourth-order valence-corrected chi connectivity index (χ4v) is 1.44. The van der Waals surface area contributed by atoms with Crippen LogP contribution in [0, 0.1) is 0 Å². The summed E-state index contributed by atoms with van der Waals surface area (Å²) < 4.78 is 0. The van der Waals surface area contributed by atoms with Gasteiger partial charge in [-0.05, 0) is 12.8 Å². The number of fused-ring (bicyclic) bond motifs is 1. The molecule has 1 radical (unpaired) electrons. The maximum absolute atomic E-state index is 4.33. The Morgan fingerprint density at radius 1 is 1.10 bits per heavy atom. The molecule has 0 bridgehead atoms. The average molecular weight is 138 g/mol. The lowest BCUT2D eigenvalue weighted by atomic mass is 10.2. The van der Waals surface area contributed by atoms with Crippen LogP contribution in [-0.2, 0) is 0 Å². The fourth-order valence-electron chi connectivity index (χ4n) is 1.44. The second kappa shape index (κ2) is 2.48. The SMILES string of the molecule is C1C[N]C2=NCCCN2C1. The molecular weight excluding hydrogens is 126 g/mol. The molecule has 0 spiro atoms. The summed E-state index contributed by atoms with van der Waals surface area (Å²) in [6.45, 7) is 4.30. The van der Waals surface area contributed by atoms with Gasteiger partial charge in [-0.25, -0.2) is 0 Å². The van der Waals surface area contributed by atoms with E-state index in [2.05, 4.69) is 15.2 Å². The van der Waals surface area contributed by atoms with Gasteiger partial charge in [0.1, 0.15) is 0 Å². The minimum atomic E-state index is 0.981. The fraction of sp³-hybridized carbons (Fsp3) is 0.857. The molecule has 2 aliphatic rings. The number of guanidine groups is 1. The van der Waals surface area contributed by atoms with Gasteiger partial charge in [-0.1, -0.05) is 0 Å². The van der Waals surface area contributed by atoms with Gasteiger partial charge in [0.2, 0.25) is 5.96 Å². The lowest BCUT2D eigenvalue weighted by Crippen LogP contribution is -2.46. The summed E-state index contributed by atoms with van der Waals surface area (Å²) in [7, 11) is 0. The maximum Gasteiger partial charge on any atom is 0.215 e. The molecule has 0 amide bonds. The van der Waals surface area contributed by atoms with E-state index < -0.39 is 0 Å². The summed E-state index contributed by atoms with van der Waals surface area (Å²) in [6, 6.07) is 0. The minimum Gasteiger partial charge on any atom is -0.341 e. The van der Waals surface area contributed by atoms with Crippen molar-refractivity contribution in [3.63, 3.8) is 0 Å². The van der Waals surface area contributed by atoms with E-state index in [4.69, 9.17) is 0 Å². The summed E-state index contributed by atoms with van der Waals surface area (Å²) in [5, 5.41) is 4.33. The van der Waals surface area contributed by atoms with Crippen LogP contribution in [0.25, 0.3) is 0 Å². The second-order valence-electron chi connectivity index (χ2n) is 2.76. The highest BCUT2D eigenvalue weighted by Crippen LogP contribution is 2.06. The van der Waals surface area contributed by atoms with Crippen LogP contribution in [0.3, 0.4) is 0 Å². The van der Waals surface area contributed by atoms with E-state index in [0.717, 1.165) is 19.0 Å². The van der Waals surface area contributed by atoms with Crippen LogP contribution in [0.5, 0.6) is 0 Å². The molecule has 2 aliphatic heterocycles. The van der Waals surface area contributed by atoms with Crippen LogP contribution in [0.15, 0.2) is 4.99 Å². The highest BCUT2D eigenvalue weighted by Gasteiger charge is 2.18. The molecular formula is C7H12N3. The number of hydrogen-bond acceptors (Lipinski definition) is 2. The molecule has 2 heterocycles. The summed E-state index contributed by atoms with van der Waals surface area (Å²) in [5.74, 6) is 1.01. The zero-order chi connectivity index (χ0) is 6.81. The van der Waals surface area contributed by atoms with Gasteiger partial charge in [-0.15, -0.1) is 0 Å². The van der Waals surface area contributed by atoms with Gasteiger partial charge in [-0.3, -0.25) is 10.3 Å². The molecule has 0 N–H and O–H groups in total. The molecule has 3 heteroatoms. The summed E-state index contributed by atoms with van der Waals surface area (Å²) in [6.07, 6.45) is 2.41. The van der Waals surface area contributed by atoms with Gasteiger partial charge in [0, 0.05) is 26.2 Å². The first-order valence-corrected chi connectivity index (χ1v) is 3.94. The van der Waals surface area contributed by atoms with Crippen molar-refractivity contribution in [2.24, 2.45) is 4.99 Å². The molecule has 3 nitrogen and oxygen atoms in total. The third-order valence-corrected chi connectivity index (χ3v) is 1.96. The third kappa shape index (κ3) is 0.958. The van der Waals surface area contributed by atoms with Crippen LogP contribution in [0.2, 0.25) is 0 Å². The van der Waals surface area contributed by atoms with Gasteiger partial charge in [0.15, 0.2) is 0 Å². The number of rotatable bonds is 0. The van der Waals surface area contributed by atoms with Crippen molar-refractivity contribution >= 4 is 5.96 Å². The van der Waals surface area contributed by atoms with E-state index >= 15 is 0 Å². The molecule has 10 heavy (non-hydrogen) atoms. The topological polar surface area (TPSA) is 29.7 Å². The Morgan fingerprint density at radius 3 is 2.70 bits per heavy atom. The first-order valence-electron chi connectivity index (χ1n) is 3.94. The van der Waals surface area contributed by atoms with Crippen molar-refractivity contribution in [3.05, 3.63) is 0 Å². The molecule has 0 aromatic heterocycles. The Labute approximate surface area is 61.1 Å². The minimum absolute atomic E-state index is 0.981. The van der Waals surface area contributed by atoms with Crippen LogP contribution in [-0.4, -0.2) is 37.0 Å². The smallest absolute Gasteiger partial charge is 0.215 e. The first-order chi connectivity index (χ1) is 4.97. The lowest BCUT2D eigenvalue weighted by Gasteiger charge is -2.31. The predicted octanol–water partition coefficient (Wildman–Crippen LogP) is 0.0562. The number of aliphatic imine (C=N–C) groups is 1. The summed E-state index contributed by atoms with van der Waals surface area (Å²) >= 11 is 0. The standard InChI is InChI=1S/C7H12N3/c1-3-8-7-9-4-2-6-10(7)5-1/h1-6H2. The quantitative estimate of drug-likeness (QED) is 0.465. The number of hydrogen-bond donors (Lipinski definition) is 0. The Morgan fingerprint density at radius 2 is 1.90 bits per heavy atom. The molecule has 0 atom stereocenters. The Balaban J connectivity index is 2.08. The van der Waals surface area contributed by atoms with Crippen LogP contribution >= 0.6 is 0 Å². The zero-order valence-corrected chi connectivity index (χ0v) is 6.08. The van der Waals surface area contributed by atoms with E-state index in [1.54, 1.807) is 0 Å². The van der Waals surface area contributed by atoms with Crippen molar-refractivity contribution in [3.8, 4) is 0 Å². The van der Waals surface area contributed by atoms with E-state index in [9.17, 15) is 0 Å². The highest BCUT2D eigenvalue weighted by atomic mass is 15.3. The molecule has 0 aromatic rings. The van der Waals surface area contributed by atoms with Crippen molar-refractivity contribution in [2.75, 3.05) is 26.2 Å². The van der Waals surface area contributed by atoms with Gasteiger partial charge < -0.3 is 4.90 Å². The molecule has 0 unspecified atom stereocenters. The van der Waals surface area contributed by atoms with Gasteiger partial charge in [-0.2, -0.15) is 0 Å². The van der Waals surface area contributed by atoms with Gasteiger partial charge in [0.05, 0.1) is 0 Å². The largest absolute Gasteiger partial charge is 0.341 e. The Bertz CT molecular complexity index is 153. The van der Waals surface area contributed by atoms with Crippen molar-refractivity contribution in [1.29, 1.82) is 0 Å². The Hall–Kier alpha value is -0.730. The molecule has 0 aromatic carbocycles. The van der Waals surface area contributed by atoms with Crippen LogP contribution < -0.4 is 5.32 Å². The molecule has 55 valence electrons. The predicted molar refractivity (Wildman–Crippen MR) is 40.1 cm³/mol. The van der Waals surface area contributed by atoms with E-state index in [0.29, 0.717) is 0 Å². The van der Waals surface area contributed by atoms with Gasteiger partial charge >= 0.3 is 0 Å². The molecule has 1 fully saturated rings. The molecule has 0 aliphatic carbocycles. The van der Waals surface area contributed by atoms with Crippen molar-refractivity contribution in [1.82, 2.24) is 10.2 Å². The Kier molecular flexibility index (Phi) is 1.49. The third-order valence-electron chi connectivity index (χ3n) is 1.96. The van der Waals surface area contributed by atoms with Crippen LogP contribution in [0.4, 0.5) is 0 Å². The monoisotopic (exact) mass is 138 g/mol. The highest BCUT2D eigenvalue weighted by molar-refractivity contribution is 5.80. The van der Waals surface area contributed by atoms with Crippen molar-refractivity contribution < 1.29 is 0 Å². The first kappa shape index (κ1) is 6.01. The lowest BCUT2D eigenvalue weighted by molar-refractivity contribution is 0.344. The van der Waals surface area contributed by atoms with E-state index in [1.165, 1.54) is 25.9 Å². The average Bonchev–Trinajstić information content (AvgIpc) is 2.05. The number of nitrogens with zero attached hydrogens (tertiary/aromatic N) is 3. The summed E-state index contributed by atoms with van der Waals surface area (Å²) in [4.78, 5) is 6.61. The normalized spacial score (nSPS) is 24.8. The van der Waals surface area contributed by atoms with Crippen molar-refractivity contribution in [2.45, 2.75) is 12.8 Å². The van der Waals surface area contributed by atoms with Gasteiger partial charge in [0.25, 0.3) is 0 Å². The second-order valence-corrected chi connectivity index (χ2v) is 2.76. The molecule has 0 saturated carbocycles. The van der Waals surface area contributed by atoms with E-state index in [-0.39, 0.29) is 0 Å². The van der Waals surface area contributed by atoms with E-state index in [1.807, 2.05) is 0 Å².